The summed E-state index contributed by atoms with van der Waals surface area (Å²) >= 11 is 7.45. The first kappa shape index (κ1) is 15.1. The molecule has 4 rings (SSSR count). The molecule has 0 radical (unpaired) electrons. The van der Waals surface area contributed by atoms with E-state index in [0.29, 0.717) is 17.0 Å². The molecule has 24 heavy (non-hydrogen) atoms. The Kier molecular flexibility index (Phi) is 3.92. The molecule has 4 aromatic rings. The van der Waals surface area contributed by atoms with E-state index in [1.165, 1.54) is 11.3 Å². The molecule has 0 spiro atoms. The Hall–Kier alpha value is -2.43. The minimum Gasteiger partial charge on any atom is -0.294 e. The molecule has 0 fully saturated rings. The van der Waals surface area contributed by atoms with E-state index in [1.807, 2.05) is 60.0 Å². The number of benzene rings is 2. The van der Waals surface area contributed by atoms with Gasteiger partial charge in [0.25, 0.3) is 5.56 Å². The van der Waals surface area contributed by atoms with Crippen LogP contribution in [0.4, 0.5) is 0 Å². The minimum atomic E-state index is -0.0185. The van der Waals surface area contributed by atoms with Gasteiger partial charge in [-0.3, -0.25) is 9.36 Å². The van der Waals surface area contributed by atoms with Crippen molar-refractivity contribution in [2.45, 2.75) is 6.54 Å². The lowest BCUT2D eigenvalue weighted by Gasteiger charge is -2.06. The number of nitrogens with zero attached hydrogens (tertiary/aromatic N) is 2. The summed E-state index contributed by atoms with van der Waals surface area (Å²) in [5, 5.41) is 3.33. The molecule has 2 aromatic carbocycles. The van der Waals surface area contributed by atoms with E-state index in [0.717, 1.165) is 21.5 Å². The van der Waals surface area contributed by atoms with Crippen LogP contribution >= 0.6 is 22.9 Å². The molecule has 0 saturated carbocycles. The molecule has 0 unspecified atom stereocenters. The second kappa shape index (κ2) is 6.23. The maximum atomic E-state index is 13.0. The molecule has 0 bridgehead atoms. The molecular formula is C19H13ClN2OS. The van der Waals surface area contributed by atoms with E-state index in [9.17, 15) is 4.79 Å². The molecule has 0 atom stereocenters. The number of hydrogen-bond acceptors (Lipinski definition) is 3. The van der Waals surface area contributed by atoms with Gasteiger partial charge in [-0.1, -0.05) is 54.1 Å². The highest BCUT2D eigenvalue weighted by Crippen LogP contribution is 2.31. The number of thiophene rings is 1. The fraction of sp³-hybridized carbons (Fsp3) is 0.0526. The molecule has 0 amide bonds. The van der Waals surface area contributed by atoms with Crippen LogP contribution in [0.25, 0.3) is 21.3 Å². The minimum absolute atomic E-state index is 0.0185. The second-order valence-electron chi connectivity index (χ2n) is 5.50. The van der Waals surface area contributed by atoms with Crippen LogP contribution in [0, 0.1) is 0 Å². The first-order valence-electron chi connectivity index (χ1n) is 7.49. The van der Waals surface area contributed by atoms with E-state index in [2.05, 4.69) is 4.98 Å². The van der Waals surface area contributed by atoms with Gasteiger partial charge in [0, 0.05) is 16.0 Å². The number of aromatic nitrogens is 2. The van der Waals surface area contributed by atoms with Crippen molar-refractivity contribution < 1.29 is 0 Å². The lowest BCUT2D eigenvalue weighted by molar-refractivity contribution is 0.749. The van der Waals surface area contributed by atoms with Crippen molar-refractivity contribution in [3.8, 4) is 11.1 Å². The maximum absolute atomic E-state index is 13.0. The highest BCUT2D eigenvalue weighted by molar-refractivity contribution is 7.17. The highest BCUT2D eigenvalue weighted by Gasteiger charge is 2.13. The zero-order chi connectivity index (χ0) is 16.5. The van der Waals surface area contributed by atoms with Gasteiger partial charge in [0.15, 0.2) is 0 Å². The van der Waals surface area contributed by atoms with Gasteiger partial charge in [-0.25, -0.2) is 4.98 Å². The number of fused-ring (bicyclic) bond motifs is 1. The number of halogens is 1. The monoisotopic (exact) mass is 352 g/mol. The second-order valence-corrected chi connectivity index (χ2v) is 6.79. The van der Waals surface area contributed by atoms with E-state index < -0.39 is 0 Å². The zero-order valence-corrected chi connectivity index (χ0v) is 14.2. The predicted octanol–water partition coefficient (Wildman–Crippen LogP) is 4.83. The molecular weight excluding hydrogens is 340 g/mol. The fourth-order valence-corrected chi connectivity index (χ4v) is 3.73. The summed E-state index contributed by atoms with van der Waals surface area (Å²) in [4.78, 5) is 18.2. The number of hydrogen-bond donors (Lipinski definition) is 0. The first-order valence-corrected chi connectivity index (χ1v) is 8.74. The smallest absolute Gasteiger partial charge is 0.263 e. The van der Waals surface area contributed by atoms with Crippen LogP contribution in [0.15, 0.2) is 71.1 Å². The van der Waals surface area contributed by atoms with Crippen molar-refractivity contribution in [2.75, 3.05) is 0 Å². The van der Waals surface area contributed by atoms with Crippen molar-refractivity contribution >= 4 is 33.2 Å². The van der Waals surface area contributed by atoms with Gasteiger partial charge in [0.05, 0.1) is 18.3 Å². The average molecular weight is 353 g/mol. The molecule has 2 aromatic heterocycles. The molecule has 3 nitrogen and oxygen atoms in total. The fourth-order valence-electron chi connectivity index (χ4n) is 2.70. The summed E-state index contributed by atoms with van der Waals surface area (Å²) in [5.74, 6) is 0. The van der Waals surface area contributed by atoms with Crippen LogP contribution in [0.2, 0.25) is 5.02 Å². The lowest BCUT2D eigenvalue weighted by Crippen LogP contribution is -2.20. The summed E-state index contributed by atoms with van der Waals surface area (Å²) in [6.45, 7) is 0.512. The van der Waals surface area contributed by atoms with Gasteiger partial charge in [-0.2, -0.15) is 0 Å². The van der Waals surface area contributed by atoms with E-state index in [1.54, 1.807) is 10.9 Å². The largest absolute Gasteiger partial charge is 0.294 e. The lowest BCUT2D eigenvalue weighted by atomic mass is 10.1. The maximum Gasteiger partial charge on any atom is 0.263 e. The SMILES string of the molecule is O=c1c2c(-c3ccc(Cl)cc3)csc2ncn1Cc1ccccc1. The summed E-state index contributed by atoms with van der Waals surface area (Å²) in [6, 6.07) is 17.4. The van der Waals surface area contributed by atoms with Crippen molar-refractivity contribution in [3.05, 3.63) is 87.2 Å². The Morgan fingerprint density at radius 3 is 2.54 bits per heavy atom. The van der Waals surface area contributed by atoms with Crippen molar-refractivity contribution in [1.82, 2.24) is 9.55 Å². The van der Waals surface area contributed by atoms with Gasteiger partial charge < -0.3 is 0 Å². The summed E-state index contributed by atoms with van der Waals surface area (Å²) < 4.78 is 1.66. The van der Waals surface area contributed by atoms with E-state index >= 15 is 0 Å². The summed E-state index contributed by atoms with van der Waals surface area (Å²) in [5.41, 5.74) is 2.94. The van der Waals surface area contributed by atoms with Crippen LogP contribution in [-0.2, 0) is 6.54 Å². The Morgan fingerprint density at radius 1 is 1.04 bits per heavy atom. The topological polar surface area (TPSA) is 34.9 Å². The van der Waals surface area contributed by atoms with Gasteiger partial charge in [0.2, 0.25) is 0 Å². The van der Waals surface area contributed by atoms with Crippen LogP contribution < -0.4 is 5.56 Å². The van der Waals surface area contributed by atoms with E-state index in [-0.39, 0.29) is 5.56 Å². The number of rotatable bonds is 3. The van der Waals surface area contributed by atoms with Crippen molar-refractivity contribution in [3.63, 3.8) is 0 Å². The van der Waals surface area contributed by atoms with Gasteiger partial charge in [-0.05, 0) is 23.3 Å². The Bertz CT molecular complexity index is 1050. The molecule has 5 heteroatoms. The molecule has 0 saturated heterocycles. The normalized spacial score (nSPS) is 11.0. The van der Waals surface area contributed by atoms with E-state index in [4.69, 9.17) is 11.6 Å². The molecule has 2 heterocycles. The molecule has 118 valence electrons. The van der Waals surface area contributed by atoms with Crippen LogP contribution in [0.1, 0.15) is 5.56 Å². The van der Waals surface area contributed by atoms with Gasteiger partial charge >= 0.3 is 0 Å². The molecule has 0 aliphatic rings. The van der Waals surface area contributed by atoms with Gasteiger partial charge in [-0.15, -0.1) is 11.3 Å². The van der Waals surface area contributed by atoms with Crippen molar-refractivity contribution in [2.24, 2.45) is 0 Å². The van der Waals surface area contributed by atoms with Crippen LogP contribution in [0.3, 0.4) is 0 Å². The van der Waals surface area contributed by atoms with Crippen LogP contribution in [0.5, 0.6) is 0 Å². The average Bonchev–Trinajstić information content (AvgIpc) is 3.04. The Labute approximate surface area is 147 Å². The van der Waals surface area contributed by atoms with Crippen LogP contribution in [-0.4, -0.2) is 9.55 Å². The molecule has 0 N–H and O–H groups in total. The molecule has 0 aliphatic carbocycles. The summed E-state index contributed by atoms with van der Waals surface area (Å²) in [6.07, 6.45) is 1.62. The summed E-state index contributed by atoms with van der Waals surface area (Å²) in [7, 11) is 0. The predicted molar refractivity (Wildman–Crippen MR) is 99.9 cm³/mol. The molecule has 0 aliphatic heterocycles. The Balaban J connectivity index is 1.84. The standard InChI is InChI=1S/C19H13ClN2OS/c20-15-8-6-14(7-9-15)16-11-24-18-17(16)19(23)22(12-21-18)10-13-4-2-1-3-5-13/h1-9,11-12H,10H2. The third-order valence-electron chi connectivity index (χ3n) is 3.91. The van der Waals surface area contributed by atoms with Gasteiger partial charge in [0.1, 0.15) is 4.83 Å². The Morgan fingerprint density at radius 2 is 1.79 bits per heavy atom. The quantitative estimate of drug-likeness (QED) is 0.529. The third-order valence-corrected chi connectivity index (χ3v) is 5.05. The zero-order valence-electron chi connectivity index (χ0n) is 12.6. The highest BCUT2D eigenvalue weighted by atomic mass is 35.5. The first-order chi connectivity index (χ1) is 11.7. The third kappa shape index (κ3) is 2.75. The van der Waals surface area contributed by atoms with Crippen molar-refractivity contribution in [1.29, 1.82) is 0 Å².